The number of hydrogen-bond donors (Lipinski definition) is 1. The van der Waals surface area contributed by atoms with Gasteiger partial charge in [0.15, 0.2) is 0 Å². The maximum absolute atomic E-state index is 6.07. The number of piperidine rings is 1. The molecule has 0 saturated carbocycles. The van der Waals surface area contributed by atoms with Crippen molar-refractivity contribution >= 4 is 5.82 Å². The Labute approximate surface area is 115 Å². The molecular formula is C15H24N4. The predicted octanol–water partition coefficient (Wildman–Crippen LogP) is 2.06. The molecular weight excluding hydrogens is 236 g/mol. The van der Waals surface area contributed by atoms with Crippen molar-refractivity contribution in [2.75, 3.05) is 11.4 Å². The van der Waals surface area contributed by atoms with Crippen LogP contribution in [0.15, 0.2) is 6.33 Å². The van der Waals surface area contributed by atoms with E-state index in [1.54, 1.807) is 6.33 Å². The van der Waals surface area contributed by atoms with Crippen LogP contribution in [0.5, 0.6) is 0 Å². The third kappa shape index (κ3) is 2.59. The summed E-state index contributed by atoms with van der Waals surface area (Å²) in [5.41, 5.74) is 8.76. The predicted molar refractivity (Wildman–Crippen MR) is 77.3 cm³/mol. The van der Waals surface area contributed by atoms with Crippen LogP contribution in [0.2, 0.25) is 0 Å². The van der Waals surface area contributed by atoms with Gasteiger partial charge in [-0.2, -0.15) is 0 Å². The lowest BCUT2D eigenvalue weighted by Crippen LogP contribution is -2.46. The molecule has 104 valence electrons. The summed E-state index contributed by atoms with van der Waals surface area (Å²) >= 11 is 0. The van der Waals surface area contributed by atoms with E-state index in [1.807, 2.05) is 0 Å². The normalized spacial score (nSPS) is 27.8. The monoisotopic (exact) mass is 260 g/mol. The molecule has 3 rings (SSSR count). The molecule has 0 amide bonds. The molecule has 2 heterocycles. The highest BCUT2D eigenvalue weighted by Crippen LogP contribution is 2.30. The smallest absolute Gasteiger partial charge is 0.135 e. The second kappa shape index (κ2) is 5.45. The summed E-state index contributed by atoms with van der Waals surface area (Å²) in [7, 11) is 0. The Hall–Kier alpha value is -1.16. The molecule has 0 aromatic carbocycles. The van der Waals surface area contributed by atoms with Crippen molar-refractivity contribution in [3.8, 4) is 0 Å². The Morgan fingerprint density at radius 2 is 2.05 bits per heavy atom. The molecule has 4 nitrogen and oxygen atoms in total. The maximum Gasteiger partial charge on any atom is 0.135 e. The number of hydrogen-bond acceptors (Lipinski definition) is 4. The van der Waals surface area contributed by atoms with E-state index in [9.17, 15) is 0 Å². The Morgan fingerprint density at radius 3 is 2.89 bits per heavy atom. The van der Waals surface area contributed by atoms with Crippen molar-refractivity contribution in [1.29, 1.82) is 0 Å². The van der Waals surface area contributed by atoms with Crippen molar-refractivity contribution in [1.82, 2.24) is 9.97 Å². The Morgan fingerprint density at radius 1 is 1.21 bits per heavy atom. The highest BCUT2D eigenvalue weighted by atomic mass is 15.2. The van der Waals surface area contributed by atoms with Crippen LogP contribution in [-0.4, -0.2) is 28.6 Å². The minimum Gasteiger partial charge on any atom is -0.353 e. The maximum atomic E-state index is 6.07. The van der Waals surface area contributed by atoms with Gasteiger partial charge in [-0.1, -0.05) is 6.42 Å². The fraction of sp³-hybridized carbons (Fsp3) is 0.733. The topological polar surface area (TPSA) is 55.0 Å². The van der Waals surface area contributed by atoms with Gasteiger partial charge < -0.3 is 10.6 Å². The van der Waals surface area contributed by atoms with E-state index in [-0.39, 0.29) is 0 Å². The number of nitrogens with zero attached hydrogens (tertiary/aromatic N) is 3. The average Bonchev–Trinajstić information content (AvgIpc) is 2.64. The van der Waals surface area contributed by atoms with Crippen LogP contribution in [0.4, 0.5) is 5.82 Å². The van der Waals surface area contributed by atoms with Gasteiger partial charge in [-0.15, -0.1) is 0 Å². The largest absolute Gasteiger partial charge is 0.353 e. The van der Waals surface area contributed by atoms with E-state index >= 15 is 0 Å². The Balaban J connectivity index is 1.92. The van der Waals surface area contributed by atoms with Gasteiger partial charge in [0.05, 0.1) is 0 Å². The Bertz CT molecular complexity index is 446. The summed E-state index contributed by atoms with van der Waals surface area (Å²) in [5, 5.41) is 0. The van der Waals surface area contributed by atoms with Crippen molar-refractivity contribution in [2.24, 2.45) is 5.73 Å². The molecule has 2 unspecified atom stereocenters. The molecule has 1 aromatic rings. The highest BCUT2D eigenvalue weighted by molar-refractivity contribution is 5.50. The number of nitrogens with two attached hydrogens (primary N) is 1. The van der Waals surface area contributed by atoms with Crippen molar-refractivity contribution in [3.63, 3.8) is 0 Å². The van der Waals surface area contributed by atoms with Crippen molar-refractivity contribution < 1.29 is 0 Å². The van der Waals surface area contributed by atoms with E-state index < -0.39 is 0 Å². The van der Waals surface area contributed by atoms with Crippen molar-refractivity contribution in [2.45, 2.75) is 64.0 Å². The van der Waals surface area contributed by atoms with Gasteiger partial charge in [-0.25, -0.2) is 9.97 Å². The minimum absolute atomic E-state index is 0.353. The van der Waals surface area contributed by atoms with Crippen LogP contribution in [0.1, 0.15) is 50.3 Å². The summed E-state index contributed by atoms with van der Waals surface area (Å²) in [4.78, 5) is 11.6. The Kier molecular flexibility index (Phi) is 3.69. The number of rotatable bonds is 1. The SMILES string of the molecule is CC1CC(N)CCN1c1ncnc2c1CCCCC2. The lowest BCUT2D eigenvalue weighted by Gasteiger charge is -2.38. The van der Waals surface area contributed by atoms with Crippen LogP contribution in [-0.2, 0) is 12.8 Å². The molecule has 2 aliphatic rings. The summed E-state index contributed by atoms with van der Waals surface area (Å²) in [6, 6.07) is 0.845. The molecule has 2 atom stereocenters. The fourth-order valence-electron chi connectivity index (χ4n) is 3.45. The van der Waals surface area contributed by atoms with Crippen LogP contribution in [0, 0.1) is 0 Å². The standard InChI is InChI=1S/C15H24N4/c1-11-9-12(16)7-8-19(11)15-13-5-3-2-4-6-14(13)17-10-18-15/h10-12H,2-9,16H2,1H3. The van der Waals surface area contributed by atoms with Crippen LogP contribution < -0.4 is 10.6 Å². The first-order valence-corrected chi connectivity index (χ1v) is 7.60. The van der Waals surface area contributed by atoms with Crippen LogP contribution in [0.25, 0.3) is 0 Å². The molecule has 19 heavy (non-hydrogen) atoms. The third-order valence-corrected chi connectivity index (χ3v) is 4.54. The second-order valence-corrected chi connectivity index (χ2v) is 6.01. The lowest BCUT2D eigenvalue weighted by atomic mass is 9.98. The quantitative estimate of drug-likeness (QED) is 0.785. The molecule has 1 fully saturated rings. The number of anilines is 1. The van der Waals surface area contributed by atoms with E-state index in [0.29, 0.717) is 12.1 Å². The number of aromatic nitrogens is 2. The van der Waals surface area contributed by atoms with Gasteiger partial charge in [-0.3, -0.25) is 0 Å². The van der Waals surface area contributed by atoms with Gasteiger partial charge in [-0.05, 0) is 45.4 Å². The van der Waals surface area contributed by atoms with Crippen molar-refractivity contribution in [3.05, 3.63) is 17.6 Å². The van der Waals surface area contributed by atoms with Gasteiger partial charge in [0.2, 0.25) is 0 Å². The van der Waals surface area contributed by atoms with E-state index in [4.69, 9.17) is 5.73 Å². The molecule has 0 radical (unpaired) electrons. The highest BCUT2D eigenvalue weighted by Gasteiger charge is 2.27. The zero-order valence-electron chi connectivity index (χ0n) is 11.8. The molecule has 0 bridgehead atoms. The molecule has 0 spiro atoms. The zero-order chi connectivity index (χ0) is 13.2. The van der Waals surface area contributed by atoms with Crippen LogP contribution in [0.3, 0.4) is 0 Å². The van der Waals surface area contributed by atoms with E-state index in [1.165, 1.54) is 36.3 Å². The van der Waals surface area contributed by atoms with Gasteiger partial charge in [0, 0.05) is 29.9 Å². The summed E-state index contributed by atoms with van der Waals surface area (Å²) in [5.74, 6) is 1.19. The van der Waals surface area contributed by atoms with Gasteiger partial charge >= 0.3 is 0 Å². The van der Waals surface area contributed by atoms with E-state index in [0.717, 1.165) is 32.2 Å². The number of fused-ring (bicyclic) bond motifs is 1. The summed E-state index contributed by atoms with van der Waals surface area (Å²) in [6.07, 6.45) is 10.0. The second-order valence-electron chi connectivity index (χ2n) is 6.01. The third-order valence-electron chi connectivity index (χ3n) is 4.54. The molecule has 4 heteroatoms. The van der Waals surface area contributed by atoms with Gasteiger partial charge in [0.25, 0.3) is 0 Å². The zero-order valence-corrected chi connectivity index (χ0v) is 11.8. The molecule has 1 aromatic heterocycles. The number of aryl methyl sites for hydroxylation is 1. The fourth-order valence-corrected chi connectivity index (χ4v) is 3.45. The molecule has 1 aliphatic heterocycles. The lowest BCUT2D eigenvalue weighted by molar-refractivity contribution is 0.426. The molecule has 1 saturated heterocycles. The average molecular weight is 260 g/mol. The van der Waals surface area contributed by atoms with E-state index in [2.05, 4.69) is 21.8 Å². The van der Waals surface area contributed by atoms with Crippen LogP contribution >= 0.6 is 0 Å². The summed E-state index contributed by atoms with van der Waals surface area (Å²) < 4.78 is 0. The summed E-state index contributed by atoms with van der Waals surface area (Å²) in [6.45, 7) is 3.30. The first-order chi connectivity index (χ1) is 9.25. The first kappa shape index (κ1) is 12.9. The molecule has 2 N–H and O–H groups in total. The first-order valence-electron chi connectivity index (χ1n) is 7.60. The van der Waals surface area contributed by atoms with Gasteiger partial charge in [0.1, 0.15) is 12.1 Å². The molecule has 1 aliphatic carbocycles. The minimum atomic E-state index is 0.353.